The Kier molecular flexibility index (Phi) is 8.06. The molecule has 1 aliphatic rings. The maximum absolute atomic E-state index is 13.5. The average molecular weight is 574 g/mol. The quantitative estimate of drug-likeness (QED) is 0.273. The number of carbonyl (C=O) groups is 1. The number of hydrogen-bond acceptors (Lipinski definition) is 5. The van der Waals surface area contributed by atoms with Gasteiger partial charge in [-0.05, 0) is 44.2 Å². The minimum Gasteiger partial charge on any atom is -0.358 e. The number of aromatic nitrogens is 4. The third-order valence-electron chi connectivity index (χ3n) is 6.23. The van der Waals surface area contributed by atoms with Crippen molar-refractivity contribution in [3.05, 3.63) is 63.8 Å². The first-order valence-electron chi connectivity index (χ1n) is 11.8. The van der Waals surface area contributed by atoms with Gasteiger partial charge in [-0.3, -0.25) is 4.79 Å². The molecule has 1 atom stereocenters. The van der Waals surface area contributed by atoms with E-state index in [0.717, 1.165) is 35.8 Å². The predicted octanol–water partition coefficient (Wildman–Crippen LogP) is 5.58. The average Bonchev–Trinajstić information content (AvgIpc) is 3.20. The van der Waals surface area contributed by atoms with E-state index in [1.807, 2.05) is 0 Å². The fourth-order valence-corrected chi connectivity index (χ4v) is 5.19. The zero-order valence-electron chi connectivity index (χ0n) is 21.4. The van der Waals surface area contributed by atoms with Crippen LogP contribution in [0.1, 0.15) is 40.1 Å². The van der Waals surface area contributed by atoms with E-state index in [1.54, 1.807) is 11.6 Å². The summed E-state index contributed by atoms with van der Waals surface area (Å²) in [6, 6.07) is 2.70. The van der Waals surface area contributed by atoms with E-state index in [9.17, 15) is 22.4 Å². The molecule has 0 N–H and O–H groups in total. The van der Waals surface area contributed by atoms with Crippen LogP contribution in [0.25, 0.3) is 11.5 Å². The van der Waals surface area contributed by atoms with Crippen LogP contribution in [0.3, 0.4) is 0 Å². The van der Waals surface area contributed by atoms with Crippen molar-refractivity contribution in [2.24, 2.45) is 0 Å². The van der Waals surface area contributed by atoms with Crippen molar-refractivity contribution in [1.29, 1.82) is 0 Å². The van der Waals surface area contributed by atoms with Crippen molar-refractivity contribution in [2.45, 2.75) is 32.3 Å². The highest BCUT2D eigenvalue weighted by atomic mass is 35.5. The van der Waals surface area contributed by atoms with E-state index in [-0.39, 0.29) is 24.7 Å². The van der Waals surface area contributed by atoms with Crippen LogP contribution in [0.15, 0.2) is 30.6 Å². The number of benzene rings is 1. The molecule has 1 unspecified atom stereocenters. The van der Waals surface area contributed by atoms with Gasteiger partial charge in [-0.25, -0.2) is 29.1 Å². The van der Waals surface area contributed by atoms with Gasteiger partial charge in [0.1, 0.15) is 12.4 Å². The molecule has 0 fully saturated rings. The summed E-state index contributed by atoms with van der Waals surface area (Å²) < 4.78 is 61.1. The van der Waals surface area contributed by atoms with Crippen LogP contribution in [0.5, 0.6) is 0 Å². The standard InChI is InChI=1S/C25H28ClF4N5O2S/c1-15-21-18(8-9-34(15)24(36)17-6-5-7-19(20(17)26)25(28,29)30)22(23-31-12-16(27)13-32-23)35(33-21)14-37-10-11-38(2,3)4/h5-7,12-13,15H,8-11,14H2,1-4H3. The lowest BCUT2D eigenvalue weighted by molar-refractivity contribution is -0.137. The van der Waals surface area contributed by atoms with E-state index in [2.05, 4.69) is 33.8 Å². The maximum Gasteiger partial charge on any atom is 0.417 e. The molecule has 0 spiro atoms. The van der Waals surface area contributed by atoms with Gasteiger partial charge in [-0.15, -0.1) is 0 Å². The second-order valence-corrected chi connectivity index (χ2v) is 14.8. The molecule has 1 aromatic carbocycles. The third kappa shape index (κ3) is 5.97. The number of amides is 1. The fourth-order valence-electron chi connectivity index (χ4n) is 4.26. The highest BCUT2D eigenvalue weighted by Crippen LogP contribution is 2.39. The van der Waals surface area contributed by atoms with Crippen molar-refractivity contribution < 1.29 is 27.1 Å². The first kappa shape index (κ1) is 28.3. The Labute approximate surface area is 224 Å². The van der Waals surface area contributed by atoms with Crippen LogP contribution in [0.2, 0.25) is 5.02 Å². The van der Waals surface area contributed by atoms with Crippen LogP contribution in [0.4, 0.5) is 17.6 Å². The third-order valence-corrected chi connectivity index (χ3v) is 8.03. The number of hydrogen-bond donors (Lipinski definition) is 0. The number of halogens is 5. The summed E-state index contributed by atoms with van der Waals surface area (Å²) >= 11 is 6.03. The summed E-state index contributed by atoms with van der Waals surface area (Å²) in [6.45, 7) is 2.56. The normalized spacial score (nSPS) is 16.4. The van der Waals surface area contributed by atoms with E-state index in [0.29, 0.717) is 24.4 Å². The maximum atomic E-state index is 13.5. The molecule has 0 aliphatic carbocycles. The van der Waals surface area contributed by atoms with E-state index < -0.39 is 44.6 Å². The lowest BCUT2D eigenvalue weighted by atomic mass is 9.97. The van der Waals surface area contributed by atoms with Gasteiger partial charge in [-0.1, -0.05) is 17.7 Å². The number of carbonyl (C=O) groups excluding carboxylic acids is 1. The molecule has 0 radical (unpaired) electrons. The van der Waals surface area contributed by atoms with Gasteiger partial charge < -0.3 is 9.64 Å². The minimum absolute atomic E-state index is 0.0959. The number of rotatable bonds is 7. The molecule has 0 saturated heterocycles. The van der Waals surface area contributed by atoms with E-state index >= 15 is 0 Å². The zero-order valence-corrected chi connectivity index (χ0v) is 22.9. The van der Waals surface area contributed by atoms with Gasteiger partial charge in [-0.2, -0.15) is 18.3 Å². The van der Waals surface area contributed by atoms with Gasteiger partial charge in [0.2, 0.25) is 0 Å². The summed E-state index contributed by atoms with van der Waals surface area (Å²) in [4.78, 5) is 23.1. The topological polar surface area (TPSA) is 73.1 Å². The number of nitrogens with zero attached hydrogens (tertiary/aromatic N) is 5. The molecule has 2 aromatic heterocycles. The monoisotopic (exact) mass is 573 g/mol. The van der Waals surface area contributed by atoms with Gasteiger partial charge in [0.15, 0.2) is 11.6 Å². The molecule has 206 valence electrons. The summed E-state index contributed by atoms with van der Waals surface area (Å²) in [5.74, 6) is -0.0515. The van der Waals surface area contributed by atoms with Crippen LogP contribution in [-0.2, 0) is 24.1 Å². The highest BCUT2D eigenvalue weighted by molar-refractivity contribution is 8.32. The first-order valence-corrected chi connectivity index (χ1v) is 15.2. The lowest BCUT2D eigenvalue weighted by Gasteiger charge is -2.33. The van der Waals surface area contributed by atoms with Crippen LogP contribution >= 0.6 is 21.6 Å². The number of ether oxygens (including phenoxy) is 1. The van der Waals surface area contributed by atoms with Gasteiger partial charge >= 0.3 is 6.18 Å². The molecular formula is C25H28ClF4N5O2S. The SMILES string of the molecule is CC1c2nn(COCCS(C)(C)C)c(-c3ncc(F)cn3)c2CCN1C(=O)c1cccc(C(F)(F)F)c1Cl. The van der Waals surface area contributed by atoms with Crippen molar-refractivity contribution in [1.82, 2.24) is 24.6 Å². The van der Waals surface area contributed by atoms with Crippen molar-refractivity contribution in [3.8, 4) is 11.5 Å². The van der Waals surface area contributed by atoms with Crippen LogP contribution in [0, 0.1) is 5.82 Å². The lowest BCUT2D eigenvalue weighted by Crippen LogP contribution is -2.39. The van der Waals surface area contributed by atoms with E-state index in [1.165, 1.54) is 11.0 Å². The van der Waals surface area contributed by atoms with Crippen molar-refractivity contribution in [3.63, 3.8) is 0 Å². The Bertz CT molecular complexity index is 1330. The molecule has 1 aliphatic heterocycles. The molecule has 7 nitrogen and oxygen atoms in total. The summed E-state index contributed by atoms with van der Waals surface area (Å²) in [5, 5.41) is 4.05. The Morgan fingerprint density at radius 3 is 2.53 bits per heavy atom. The summed E-state index contributed by atoms with van der Waals surface area (Å²) in [6.07, 6.45) is 4.33. The Balaban J connectivity index is 1.67. The largest absolute Gasteiger partial charge is 0.417 e. The molecule has 13 heteroatoms. The molecule has 0 saturated carbocycles. The van der Waals surface area contributed by atoms with Gasteiger partial charge in [0.05, 0.1) is 46.9 Å². The molecule has 3 aromatic rings. The van der Waals surface area contributed by atoms with Crippen LogP contribution < -0.4 is 0 Å². The smallest absolute Gasteiger partial charge is 0.358 e. The summed E-state index contributed by atoms with van der Waals surface area (Å²) in [5.41, 5.74) is 0.573. The second kappa shape index (κ2) is 10.8. The second-order valence-electron chi connectivity index (χ2n) is 9.86. The Morgan fingerprint density at radius 1 is 1.21 bits per heavy atom. The van der Waals surface area contributed by atoms with Crippen LogP contribution in [-0.4, -0.2) is 68.2 Å². The predicted molar refractivity (Wildman–Crippen MR) is 139 cm³/mol. The number of fused-ring (bicyclic) bond motifs is 1. The van der Waals surface area contributed by atoms with Gasteiger partial charge in [0, 0.05) is 17.9 Å². The molecule has 38 heavy (non-hydrogen) atoms. The molecule has 4 rings (SSSR count). The summed E-state index contributed by atoms with van der Waals surface area (Å²) in [7, 11) is -0.762. The highest BCUT2D eigenvalue weighted by Gasteiger charge is 2.38. The molecule has 3 heterocycles. The number of alkyl halides is 3. The fraction of sp³-hybridized carbons (Fsp3) is 0.440. The zero-order chi connectivity index (χ0) is 27.8. The van der Waals surface area contributed by atoms with Crippen molar-refractivity contribution in [2.75, 3.05) is 37.7 Å². The Hall–Kier alpha value is -2.70. The minimum atomic E-state index is -4.69. The van der Waals surface area contributed by atoms with E-state index in [4.69, 9.17) is 16.3 Å². The molecule has 0 bridgehead atoms. The Morgan fingerprint density at radius 2 is 1.89 bits per heavy atom. The first-order chi connectivity index (χ1) is 17.8. The van der Waals surface area contributed by atoms with Gasteiger partial charge in [0.25, 0.3) is 5.91 Å². The molecular weight excluding hydrogens is 546 g/mol. The van der Waals surface area contributed by atoms with Crippen molar-refractivity contribution >= 4 is 27.5 Å². The molecule has 1 amide bonds.